The molecule has 0 spiro atoms. The van der Waals surface area contributed by atoms with Crippen LogP contribution in [0.3, 0.4) is 0 Å². The number of carbonyl (C=O) groups excluding carboxylic acids is 1. The van der Waals surface area contributed by atoms with Gasteiger partial charge in [0.05, 0.1) is 16.6 Å². The summed E-state index contributed by atoms with van der Waals surface area (Å²) in [5.41, 5.74) is 2.98. The summed E-state index contributed by atoms with van der Waals surface area (Å²) in [4.78, 5) is 14.1. The van der Waals surface area contributed by atoms with E-state index in [2.05, 4.69) is 27.3 Å². The van der Waals surface area contributed by atoms with Crippen molar-refractivity contribution in [1.29, 1.82) is 10.5 Å². The highest BCUT2D eigenvalue weighted by Gasteiger charge is 2.23. The average molecular weight is 597 g/mol. The number of halogens is 2. The second-order valence-electron chi connectivity index (χ2n) is 8.33. The van der Waals surface area contributed by atoms with Crippen molar-refractivity contribution < 1.29 is 14.3 Å². The standard InChI is InChI=1S/C28H23BrClN3O3S/c1-2-35-24-13-18(12-23(29)26(24)36-16-17-7-9-20(30)10-8-17)11-19(14-31)27(34)33-28-22(15-32)21-5-3-4-6-25(21)37-28/h7-13H,2-6,16H2,1H3,(H,33,34)/b19-11+. The number of rotatable bonds is 8. The number of anilines is 1. The number of thiophene rings is 1. The Balaban J connectivity index is 1.57. The zero-order valence-corrected chi connectivity index (χ0v) is 23.2. The van der Waals surface area contributed by atoms with E-state index in [-0.39, 0.29) is 5.57 Å². The number of fused-ring (bicyclic) bond motifs is 1. The Bertz CT molecular complexity index is 1430. The fraction of sp³-hybridized carbons (Fsp3) is 0.250. The molecule has 1 aliphatic carbocycles. The van der Waals surface area contributed by atoms with Crippen molar-refractivity contribution in [2.75, 3.05) is 11.9 Å². The molecule has 1 amide bonds. The maximum absolute atomic E-state index is 13.0. The van der Waals surface area contributed by atoms with Crippen LogP contribution in [-0.2, 0) is 24.2 Å². The third-order valence-electron chi connectivity index (χ3n) is 5.81. The second-order valence-corrected chi connectivity index (χ2v) is 10.7. The van der Waals surface area contributed by atoms with Gasteiger partial charge in [0.2, 0.25) is 0 Å². The third kappa shape index (κ3) is 6.34. The van der Waals surface area contributed by atoms with Crippen LogP contribution in [0.25, 0.3) is 6.08 Å². The molecule has 1 aromatic heterocycles. The van der Waals surface area contributed by atoms with Crippen LogP contribution in [0.1, 0.15) is 46.9 Å². The van der Waals surface area contributed by atoms with Gasteiger partial charge in [-0.3, -0.25) is 4.79 Å². The predicted octanol–water partition coefficient (Wildman–Crippen LogP) is 7.44. The lowest BCUT2D eigenvalue weighted by molar-refractivity contribution is -0.112. The quantitative estimate of drug-likeness (QED) is 0.215. The predicted molar refractivity (Wildman–Crippen MR) is 149 cm³/mol. The first-order valence-electron chi connectivity index (χ1n) is 11.7. The smallest absolute Gasteiger partial charge is 0.266 e. The molecule has 1 N–H and O–H groups in total. The van der Waals surface area contributed by atoms with E-state index in [0.717, 1.165) is 41.7 Å². The van der Waals surface area contributed by atoms with E-state index < -0.39 is 5.91 Å². The molecule has 0 atom stereocenters. The Kier molecular flexibility index (Phi) is 8.89. The molecule has 37 heavy (non-hydrogen) atoms. The number of amides is 1. The van der Waals surface area contributed by atoms with Gasteiger partial charge < -0.3 is 14.8 Å². The molecule has 3 aromatic rings. The molecule has 2 aromatic carbocycles. The topological polar surface area (TPSA) is 95.1 Å². The summed E-state index contributed by atoms with van der Waals surface area (Å²) in [5, 5.41) is 23.3. The van der Waals surface area contributed by atoms with Crippen molar-refractivity contribution in [2.24, 2.45) is 0 Å². The van der Waals surface area contributed by atoms with Gasteiger partial charge in [-0.05, 0) is 95.6 Å². The molecule has 1 heterocycles. The van der Waals surface area contributed by atoms with Crippen LogP contribution < -0.4 is 14.8 Å². The summed E-state index contributed by atoms with van der Waals surface area (Å²) >= 11 is 10.9. The summed E-state index contributed by atoms with van der Waals surface area (Å²) < 4.78 is 12.4. The van der Waals surface area contributed by atoms with Gasteiger partial charge in [-0.2, -0.15) is 10.5 Å². The zero-order valence-electron chi connectivity index (χ0n) is 20.1. The van der Waals surface area contributed by atoms with Crippen LogP contribution in [0.15, 0.2) is 46.4 Å². The van der Waals surface area contributed by atoms with Crippen LogP contribution in [-0.4, -0.2) is 12.5 Å². The van der Waals surface area contributed by atoms with E-state index in [9.17, 15) is 15.3 Å². The molecule has 0 unspecified atom stereocenters. The van der Waals surface area contributed by atoms with Crippen LogP contribution in [0, 0.1) is 22.7 Å². The van der Waals surface area contributed by atoms with Crippen LogP contribution >= 0.6 is 38.9 Å². The van der Waals surface area contributed by atoms with Crippen molar-refractivity contribution in [1.82, 2.24) is 0 Å². The largest absolute Gasteiger partial charge is 0.490 e. The average Bonchev–Trinajstić information content (AvgIpc) is 3.24. The number of aryl methyl sites for hydroxylation is 1. The van der Waals surface area contributed by atoms with Gasteiger partial charge in [-0.1, -0.05) is 23.7 Å². The highest BCUT2D eigenvalue weighted by molar-refractivity contribution is 9.10. The lowest BCUT2D eigenvalue weighted by atomic mass is 9.96. The van der Waals surface area contributed by atoms with Crippen molar-refractivity contribution >= 4 is 55.9 Å². The third-order valence-corrected chi connectivity index (χ3v) is 7.86. The minimum atomic E-state index is -0.560. The van der Waals surface area contributed by atoms with Crippen molar-refractivity contribution in [2.45, 2.75) is 39.2 Å². The number of carbonyl (C=O) groups is 1. The lowest BCUT2D eigenvalue weighted by Gasteiger charge is -2.15. The molecule has 6 nitrogen and oxygen atoms in total. The molecular formula is C28H23BrClN3O3S. The molecule has 0 saturated heterocycles. The van der Waals surface area contributed by atoms with Gasteiger partial charge in [-0.25, -0.2) is 0 Å². The molecule has 0 bridgehead atoms. The summed E-state index contributed by atoms with van der Waals surface area (Å²) in [6, 6.07) is 15.0. The van der Waals surface area contributed by atoms with Gasteiger partial charge in [0, 0.05) is 9.90 Å². The molecule has 188 valence electrons. The van der Waals surface area contributed by atoms with Crippen LogP contribution in [0.5, 0.6) is 11.5 Å². The van der Waals surface area contributed by atoms with Crippen LogP contribution in [0.2, 0.25) is 5.02 Å². The first kappa shape index (κ1) is 26.8. The van der Waals surface area contributed by atoms with Gasteiger partial charge in [0.25, 0.3) is 5.91 Å². The van der Waals surface area contributed by atoms with Gasteiger partial charge in [0.15, 0.2) is 11.5 Å². The molecule has 9 heteroatoms. The monoisotopic (exact) mass is 595 g/mol. The number of hydrogen-bond acceptors (Lipinski definition) is 6. The molecule has 0 aliphatic heterocycles. The Morgan fingerprint density at radius 3 is 2.65 bits per heavy atom. The number of nitriles is 2. The number of nitrogens with one attached hydrogen (secondary N) is 1. The SMILES string of the molecule is CCOc1cc(/C=C(\C#N)C(=O)Nc2sc3c(c2C#N)CCCC3)cc(Br)c1OCc1ccc(Cl)cc1. The fourth-order valence-electron chi connectivity index (χ4n) is 4.07. The van der Waals surface area contributed by atoms with Crippen LogP contribution in [0.4, 0.5) is 5.00 Å². The number of ether oxygens (including phenoxy) is 2. The summed E-state index contributed by atoms with van der Waals surface area (Å²) in [5.74, 6) is 0.432. The lowest BCUT2D eigenvalue weighted by Crippen LogP contribution is -2.13. The first-order chi connectivity index (χ1) is 17.9. The molecule has 4 rings (SSSR count). The minimum Gasteiger partial charge on any atom is -0.490 e. The molecule has 0 radical (unpaired) electrons. The number of hydrogen-bond donors (Lipinski definition) is 1. The Morgan fingerprint density at radius 2 is 1.95 bits per heavy atom. The normalized spacial score (nSPS) is 12.7. The molecule has 0 fully saturated rings. The van der Waals surface area contributed by atoms with E-state index in [1.54, 1.807) is 24.3 Å². The molecule has 1 aliphatic rings. The highest BCUT2D eigenvalue weighted by atomic mass is 79.9. The Hall–Kier alpha value is -3.30. The van der Waals surface area contributed by atoms with Crippen molar-refractivity contribution in [3.63, 3.8) is 0 Å². The Morgan fingerprint density at radius 1 is 1.19 bits per heavy atom. The first-order valence-corrected chi connectivity index (χ1v) is 13.7. The van der Waals surface area contributed by atoms with Crippen molar-refractivity contribution in [3.8, 4) is 23.6 Å². The van der Waals surface area contributed by atoms with E-state index in [1.165, 1.54) is 17.4 Å². The van der Waals surface area contributed by atoms with Gasteiger partial charge >= 0.3 is 0 Å². The van der Waals surface area contributed by atoms with Gasteiger partial charge in [0.1, 0.15) is 29.3 Å². The Labute approximate surface area is 233 Å². The fourth-order valence-corrected chi connectivity index (χ4v) is 6.00. The summed E-state index contributed by atoms with van der Waals surface area (Å²) in [6.45, 7) is 2.58. The zero-order chi connectivity index (χ0) is 26.4. The van der Waals surface area contributed by atoms with E-state index >= 15 is 0 Å². The minimum absolute atomic E-state index is 0.0838. The summed E-state index contributed by atoms with van der Waals surface area (Å²) in [6.07, 6.45) is 5.35. The highest BCUT2D eigenvalue weighted by Crippen LogP contribution is 2.39. The molecule has 0 saturated carbocycles. The second kappa shape index (κ2) is 12.3. The van der Waals surface area contributed by atoms with Crippen molar-refractivity contribution in [3.05, 3.63) is 78.6 Å². The van der Waals surface area contributed by atoms with E-state index in [4.69, 9.17) is 21.1 Å². The maximum atomic E-state index is 13.0. The number of nitrogens with zero attached hydrogens (tertiary/aromatic N) is 2. The van der Waals surface area contributed by atoms with E-state index in [1.807, 2.05) is 25.1 Å². The van der Waals surface area contributed by atoms with Gasteiger partial charge in [-0.15, -0.1) is 11.3 Å². The summed E-state index contributed by atoms with van der Waals surface area (Å²) in [7, 11) is 0. The van der Waals surface area contributed by atoms with E-state index in [0.29, 0.717) is 50.3 Å². The molecular weight excluding hydrogens is 574 g/mol. The number of benzene rings is 2. The maximum Gasteiger partial charge on any atom is 0.266 e.